The summed E-state index contributed by atoms with van der Waals surface area (Å²) in [5.41, 5.74) is 6.63. The number of rotatable bonds is 6. The number of Topliss-reactive ketones (excluding diaryl/α,β-unsaturated/α-hetero) is 1. The van der Waals surface area contributed by atoms with Gasteiger partial charge in [-0.2, -0.15) is 0 Å². The van der Waals surface area contributed by atoms with Gasteiger partial charge in [-0.15, -0.1) is 0 Å². The lowest BCUT2D eigenvalue weighted by Gasteiger charge is -2.38. The fourth-order valence-corrected chi connectivity index (χ4v) is 6.69. The molecule has 1 aliphatic heterocycles. The molecule has 3 aromatic rings. The Morgan fingerprint density at radius 2 is 1.63 bits per heavy atom. The number of anilines is 2. The van der Waals surface area contributed by atoms with E-state index >= 15 is 0 Å². The van der Waals surface area contributed by atoms with E-state index in [0.29, 0.717) is 23.5 Å². The summed E-state index contributed by atoms with van der Waals surface area (Å²) in [6.07, 6.45) is 2.81. The molecule has 0 saturated heterocycles. The van der Waals surface area contributed by atoms with Crippen LogP contribution in [-0.4, -0.2) is 38.5 Å². The highest BCUT2D eigenvalue weighted by molar-refractivity contribution is 6.02. The molecule has 0 bridgehead atoms. The Morgan fingerprint density at radius 1 is 0.951 bits per heavy atom. The van der Waals surface area contributed by atoms with Gasteiger partial charge in [0.2, 0.25) is 5.91 Å². The molecule has 0 spiro atoms. The van der Waals surface area contributed by atoms with E-state index < -0.39 is 6.04 Å². The van der Waals surface area contributed by atoms with E-state index in [0.717, 1.165) is 41.9 Å². The van der Waals surface area contributed by atoms with Crippen LogP contribution in [0, 0.1) is 5.41 Å². The topological polar surface area (TPSA) is 79.9 Å². The lowest BCUT2D eigenvalue weighted by molar-refractivity contribution is -0.121. The molecule has 2 N–H and O–H groups in total. The number of fused-ring (bicyclic) bond motifs is 2. The first-order chi connectivity index (χ1) is 19.8. The number of methoxy groups -OCH3 is 2. The number of carbonyl (C=O) groups excluding carboxylic acids is 2. The number of benzene rings is 3. The van der Waals surface area contributed by atoms with Gasteiger partial charge in [0.15, 0.2) is 17.3 Å². The van der Waals surface area contributed by atoms with Crippen molar-refractivity contribution in [1.29, 1.82) is 0 Å². The summed E-state index contributed by atoms with van der Waals surface area (Å²) < 4.78 is 11.2. The summed E-state index contributed by atoms with van der Waals surface area (Å²) in [5.74, 6) is 1.21. The molecular formula is C34H37N3O4. The van der Waals surface area contributed by atoms with E-state index in [4.69, 9.17) is 9.47 Å². The third kappa shape index (κ3) is 5.17. The molecule has 6 rings (SSSR count). The zero-order valence-corrected chi connectivity index (χ0v) is 24.1. The molecule has 0 saturated carbocycles. The van der Waals surface area contributed by atoms with Crippen LogP contribution in [0.2, 0.25) is 0 Å². The minimum Gasteiger partial charge on any atom is -0.493 e. The molecule has 1 heterocycles. The molecule has 1 unspecified atom stereocenters. The average Bonchev–Trinajstić information content (AvgIpc) is 3.29. The Labute approximate surface area is 241 Å². The van der Waals surface area contributed by atoms with E-state index in [1.54, 1.807) is 14.2 Å². The number of para-hydroxylation sites is 2. The van der Waals surface area contributed by atoms with Gasteiger partial charge in [-0.05, 0) is 65.6 Å². The van der Waals surface area contributed by atoms with Crippen molar-refractivity contribution in [3.63, 3.8) is 0 Å². The summed E-state index contributed by atoms with van der Waals surface area (Å²) in [6, 6.07) is 21.7. The maximum absolute atomic E-state index is 14.0. The van der Waals surface area contributed by atoms with Crippen LogP contribution >= 0.6 is 0 Å². The molecule has 1 amide bonds. The first kappa shape index (κ1) is 26.9. The Balaban J connectivity index is 1.43. The van der Waals surface area contributed by atoms with E-state index in [1.807, 2.05) is 54.6 Å². The second-order valence-electron chi connectivity index (χ2n) is 12.1. The fraction of sp³-hybridized carbons (Fsp3) is 0.353. The van der Waals surface area contributed by atoms with Crippen molar-refractivity contribution >= 4 is 23.1 Å². The lowest BCUT2D eigenvalue weighted by Crippen LogP contribution is -2.45. The number of nitrogens with zero attached hydrogens (tertiary/aromatic N) is 1. The number of nitrogens with one attached hydrogen (secondary N) is 2. The summed E-state index contributed by atoms with van der Waals surface area (Å²) in [5, 5.41) is 6.90. The van der Waals surface area contributed by atoms with Crippen LogP contribution in [0.25, 0.3) is 0 Å². The van der Waals surface area contributed by atoms with Crippen LogP contribution in [-0.2, 0) is 22.4 Å². The molecule has 2 aliphatic carbocycles. The van der Waals surface area contributed by atoms with Gasteiger partial charge in [0.05, 0.1) is 38.2 Å². The second kappa shape index (κ2) is 10.6. The average molecular weight is 552 g/mol. The lowest BCUT2D eigenvalue weighted by atomic mass is 9.73. The number of hydrogen-bond acceptors (Lipinski definition) is 6. The van der Waals surface area contributed by atoms with Crippen LogP contribution in [0.15, 0.2) is 78.0 Å². The molecular weight excluding hydrogens is 514 g/mol. The number of hydrogen-bond donors (Lipinski definition) is 2. The molecule has 212 valence electrons. The molecule has 3 aromatic carbocycles. The predicted octanol–water partition coefficient (Wildman–Crippen LogP) is 5.60. The third-order valence-corrected chi connectivity index (χ3v) is 8.46. The van der Waals surface area contributed by atoms with Crippen molar-refractivity contribution in [1.82, 2.24) is 5.32 Å². The Bertz CT molecular complexity index is 1520. The molecule has 7 nitrogen and oxygen atoms in total. The van der Waals surface area contributed by atoms with E-state index in [1.165, 1.54) is 11.1 Å². The molecule has 1 atom stereocenters. The fourth-order valence-electron chi connectivity index (χ4n) is 6.69. The SMILES string of the molecule is COc1ccc(C2C3=C(CC(C)(C)CC3=O)Nc3ccccc3N2CC(=O)NC2Cc3ccccc3C2)cc1OC. The van der Waals surface area contributed by atoms with Crippen LogP contribution in [0.5, 0.6) is 11.5 Å². The monoisotopic (exact) mass is 551 g/mol. The van der Waals surface area contributed by atoms with Crippen LogP contribution < -0.4 is 25.0 Å². The van der Waals surface area contributed by atoms with Crippen molar-refractivity contribution in [3.8, 4) is 11.5 Å². The highest BCUT2D eigenvalue weighted by Gasteiger charge is 2.42. The number of carbonyl (C=O) groups is 2. The first-order valence-electron chi connectivity index (χ1n) is 14.2. The quantitative estimate of drug-likeness (QED) is 0.415. The second-order valence-corrected chi connectivity index (χ2v) is 12.1. The maximum Gasteiger partial charge on any atom is 0.239 e. The number of ketones is 1. The summed E-state index contributed by atoms with van der Waals surface area (Å²) in [4.78, 5) is 29.8. The van der Waals surface area contributed by atoms with Gasteiger partial charge in [0.1, 0.15) is 0 Å². The summed E-state index contributed by atoms with van der Waals surface area (Å²) in [7, 11) is 3.21. The predicted molar refractivity (Wildman–Crippen MR) is 161 cm³/mol. The van der Waals surface area contributed by atoms with E-state index in [9.17, 15) is 9.59 Å². The number of ether oxygens (including phenoxy) is 2. The van der Waals surface area contributed by atoms with E-state index in [-0.39, 0.29) is 29.7 Å². The molecule has 0 fully saturated rings. The minimum atomic E-state index is -0.490. The molecule has 0 radical (unpaired) electrons. The third-order valence-electron chi connectivity index (χ3n) is 8.46. The Morgan fingerprint density at radius 3 is 2.34 bits per heavy atom. The summed E-state index contributed by atoms with van der Waals surface area (Å²) >= 11 is 0. The highest BCUT2D eigenvalue weighted by Crippen LogP contribution is 2.49. The van der Waals surface area contributed by atoms with Crippen LogP contribution in [0.1, 0.15) is 49.4 Å². The molecule has 3 aliphatic rings. The van der Waals surface area contributed by atoms with Crippen molar-refractivity contribution in [2.75, 3.05) is 31.0 Å². The number of allylic oxidation sites excluding steroid dienone is 1. The van der Waals surface area contributed by atoms with Gasteiger partial charge >= 0.3 is 0 Å². The first-order valence-corrected chi connectivity index (χ1v) is 14.2. The van der Waals surface area contributed by atoms with Gasteiger partial charge in [-0.1, -0.05) is 56.3 Å². The van der Waals surface area contributed by atoms with Gasteiger partial charge in [0, 0.05) is 23.7 Å². The van der Waals surface area contributed by atoms with Gasteiger partial charge in [-0.25, -0.2) is 0 Å². The van der Waals surface area contributed by atoms with Crippen molar-refractivity contribution in [3.05, 3.63) is 94.7 Å². The van der Waals surface area contributed by atoms with Gasteiger partial charge in [-0.3, -0.25) is 9.59 Å². The van der Waals surface area contributed by atoms with Crippen LogP contribution in [0.3, 0.4) is 0 Å². The zero-order valence-electron chi connectivity index (χ0n) is 24.1. The van der Waals surface area contributed by atoms with Gasteiger partial charge in [0.25, 0.3) is 0 Å². The number of amides is 1. The molecule has 7 heteroatoms. The van der Waals surface area contributed by atoms with Crippen LogP contribution in [0.4, 0.5) is 11.4 Å². The Hall–Kier alpha value is -4.26. The highest BCUT2D eigenvalue weighted by atomic mass is 16.5. The van der Waals surface area contributed by atoms with Crippen molar-refractivity contribution in [2.24, 2.45) is 5.41 Å². The smallest absolute Gasteiger partial charge is 0.239 e. The Kier molecular flexibility index (Phi) is 6.98. The standard InChI is InChI=1S/C34H37N3O4/c1-34(2)18-26-32(28(38)19-34)33(23-13-14-29(40-3)30(17-23)41-4)37(27-12-8-7-11-25(27)36-26)20-31(39)35-24-15-21-9-5-6-10-22(21)16-24/h5-14,17,24,33,36H,15-16,18-20H2,1-4H3,(H,35,39). The minimum absolute atomic E-state index is 0.0478. The van der Waals surface area contributed by atoms with Crippen molar-refractivity contribution < 1.29 is 19.1 Å². The zero-order chi connectivity index (χ0) is 28.7. The molecule has 0 aromatic heterocycles. The van der Waals surface area contributed by atoms with E-state index in [2.05, 4.69) is 41.5 Å². The summed E-state index contributed by atoms with van der Waals surface area (Å²) in [6.45, 7) is 4.35. The normalized spacial score (nSPS) is 19.5. The molecule has 41 heavy (non-hydrogen) atoms. The van der Waals surface area contributed by atoms with Crippen molar-refractivity contribution in [2.45, 2.75) is 51.6 Å². The maximum atomic E-state index is 14.0. The van der Waals surface area contributed by atoms with Gasteiger partial charge < -0.3 is 25.0 Å². The largest absolute Gasteiger partial charge is 0.493 e.